The zero-order valence-corrected chi connectivity index (χ0v) is 16.8. The van der Waals surface area contributed by atoms with E-state index in [-0.39, 0.29) is 24.2 Å². The first-order valence-corrected chi connectivity index (χ1v) is 10.9. The summed E-state index contributed by atoms with van der Waals surface area (Å²) in [6, 6.07) is 7.98. The number of aromatic nitrogens is 2. The van der Waals surface area contributed by atoms with E-state index in [1.807, 2.05) is 24.3 Å². The number of nitrogens with zero attached hydrogens (tertiary/aromatic N) is 3. The molecule has 1 aromatic carbocycles. The Morgan fingerprint density at radius 2 is 1.92 bits per heavy atom. The molecule has 0 aliphatic carbocycles. The lowest BCUT2D eigenvalue weighted by Gasteiger charge is -2.38. The molecule has 0 saturated carbocycles. The zero-order chi connectivity index (χ0) is 18.9. The molecular weight excluding hydrogens is 370 g/mol. The van der Waals surface area contributed by atoms with E-state index in [2.05, 4.69) is 18.8 Å². The molecule has 1 fully saturated rings. The van der Waals surface area contributed by atoms with Crippen molar-refractivity contribution in [2.24, 2.45) is 7.05 Å². The van der Waals surface area contributed by atoms with Gasteiger partial charge in [0.05, 0.1) is 6.42 Å². The van der Waals surface area contributed by atoms with Crippen LogP contribution in [0.2, 0.25) is 0 Å². The summed E-state index contributed by atoms with van der Waals surface area (Å²) in [5.74, 6) is -0.0412. The molecule has 2 aromatic rings. The van der Waals surface area contributed by atoms with Crippen molar-refractivity contribution in [2.45, 2.75) is 40.8 Å². The van der Waals surface area contributed by atoms with Gasteiger partial charge in [0.25, 0.3) is 0 Å². The summed E-state index contributed by atoms with van der Waals surface area (Å²) in [4.78, 5) is 19.1. The molecule has 26 heavy (non-hydrogen) atoms. The van der Waals surface area contributed by atoms with E-state index < -0.39 is 15.1 Å². The maximum atomic E-state index is 12.5. The molecule has 0 N–H and O–H groups in total. The summed E-state index contributed by atoms with van der Waals surface area (Å²) in [5, 5.41) is 0.00590. The van der Waals surface area contributed by atoms with Crippen LogP contribution in [0.25, 0.3) is 0 Å². The smallest absolute Gasteiger partial charge is 0.227 e. The number of benzene rings is 1. The number of likely N-dealkylation sites (tertiary alicyclic amines) is 1. The predicted molar refractivity (Wildman–Crippen MR) is 102 cm³/mol. The Morgan fingerprint density at radius 3 is 2.46 bits per heavy atom. The number of amides is 1. The molecule has 2 heterocycles. The summed E-state index contributed by atoms with van der Waals surface area (Å²) in [6.07, 6.45) is 3.37. The number of carbonyl (C=O) groups is 1. The van der Waals surface area contributed by atoms with E-state index >= 15 is 0 Å². The van der Waals surface area contributed by atoms with Crippen LogP contribution < -0.4 is 0 Å². The van der Waals surface area contributed by atoms with Gasteiger partial charge in [-0.1, -0.05) is 26.0 Å². The molecule has 0 radical (unpaired) electrons. The Morgan fingerprint density at radius 1 is 1.27 bits per heavy atom. The van der Waals surface area contributed by atoms with E-state index in [9.17, 15) is 13.2 Å². The third-order valence-electron chi connectivity index (χ3n) is 4.32. The van der Waals surface area contributed by atoms with Gasteiger partial charge < -0.3 is 9.47 Å². The molecular formula is C18H23N3O3S2. The molecule has 1 saturated heterocycles. The number of hydrogen-bond acceptors (Lipinski definition) is 5. The molecule has 0 unspecified atom stereocenters. The van der Waals surface area contributed by atoms with Gasteiger partial charge in [0.15, 0.2) is 0 Å². The van der Waals surface area contributed by atoms with E-state index in [4.69, 9.17) is 0 Å². The van der Waals surface area contributed by atoms with Crippen molar-refractivity contribution in [2.75, 3.05) is 13.1 Å². The molecule has 1 amide bonds. The van der Waals surface area contributed by atoms with Crippen molar-refractivity contribution in [1.82, 2.24) is 14.5 Å². The second-order valence-corrected chi connectivity index (χ2v) is 10.5. The van der Waals surface area contributed by atoms with E-state index in [1.165, 1.54) is 15.7 Å². The number of aryl methyl sites for hydroxylation is 1. The molecule has 8 heteroatoms. The van der Waals surface area contributed by atoms with Gasteiger partial charge in [0.2, 0.25) is 20.9 Å². The zero-order valence-electron chi connectivity index (χ0n) is 15.1. The molecule has 6 nitrogen and oxygen atoms in total. The molecule has 1 aromatic heterocycles. The SMILES string of the molecule is CC(C)Sc1ccc(CC(=O)N2CC(S(=O)(=O)c3nccn3C)C2)cc1. The first kappa shape index (κ1) is 19.0. The van der Waals surface area contributed by atoms with Crippen molar-refractivity contribution < 1.29 is 13.2 Å². The van der Waals surface area contributed by atoms with Gasteiger partial charge in [-0.15, -0.1) is 11.8 Å². The van der Waals surface area contributed by atoms with Crippen molar-refractivity contribution in [3.8, 4) is 0 Å². The lowest BCUT2D eigenvalue weighted by atomic mass is 10.1. The monoisotopic (exact) mass is 393 g/mol. The molecule has 1 aliphatic heterocycles. The van der Waals surface area contributed by atoms with E-state index in [0.717, 1.165) is 5.56 Å². The highest BCUT2D eigenvalue weighted by atomic mass is 32.2. The number of imidazole rings is 1. The summed E-state index contributed by atoms with van der Waals surface area (Å²) < 4.78 is 26.5. The number of sulfone groups is 1. The summed E-state index contributed by atoms with van der Waals surface area (Å²) >= 11 is 1.78. The first-order chi connectivity index (χ1) is 12.3. The van der Waals surface area contributed by atoms with Gasteiger partial charge >= 0.3 is 0 Å². The van der Waals surface area contributed by atoms with Crippen LogP contribution in [0.15, 0.2) is 46.7 Å². The number of hydrogen-bond donors (Lipinski definition) is 0. The average molecular weight is 394 g/mol. The highest BCUT2D eigenvalue weighted by Gasteiger charge is 2.42. The average Bonchev–Trinajstić information content (AvgIpc) is 2.94. The quantitative estimate of drug-likeness (QED) is 0.703. The van der Waals surface area contributed by atoms with Crippen molar-refractivity contribution >= 4 is 27.5 Å². The highest BCUT2D eigenvalue weighted by Crippen LogP contribution is 2.25. The normalized spacial score (nSPS) is 15.3. The highest BCUT2D eigenvalue weighted by molar-refractivity contribution is 7.99. The largest absolute Gasteiger partial charge is 0.340 e. The Bertz CT molecular complexity index is 883. The summed E-state index contributed by atoms with van der Waals surface area (Å²) in [7, 11) is -1.84. The van der Waals surface area contributed by atoms with E-state index in [1.54, 1.807) is 29.9 Å². The van der Waals surface area contributed by atoms with Gasteiger partial charge in [0, 0.05) is 42.7 Å². The lowest BCUT2D eigenvalue weighted by Crippen LogP contribution is -2.57. The third-order valence-corrected chi connectivity index (χ3v) is 7.42. The standard InChI is InChI=1S/C18H23N3O3S2/c1-13(2)25-15-6-4-14(5-7-15)10-17(22)21-11-16(12-21)26(23,24)18-19-8-9-20(18)3/h4-9,13,16H,10-12H2,1-3H3. The minimum atomic E-state index is -3.49. The second kappa shape index (κ2) is 7.44. The van der Waals surface area contributed by atoms with Crippen molar-refractivity contribution in [3.63, 3.8) is 0 Å². The maximum absolute atomic E-state index is 12.5. The predicted octanol–water partition coefficient (Wildman–Crippen LogP) is 2.15. The van der Waals surface area contributed by atoms with E-state index in [0.29, 0.717) is 11.7 Å². The van der Waals surface area contributed by atoms with Crippen molar-refractivity contribution in [3.05, 3.63) is 42.2 Å². The Balaban J connectivity index is 1.56. The van der Waals surface area contributed by atoms with Gasteiger partial charge in [-0.2, -0.15) is 0 Å². The van der Waals surface area contributed by atoms with Gasteiger partial charge in [-0.05, 0) is 17.7 Å². The van der Waals surface area contributed by atoms with Crippen LogP contribution in [-0.2, 0) is 28.1 Å². The topological polar surface area (TPSA) is 72.3 Å². The van der Waals surface area contributed by atoms with Crippen LogP contribution in [0.5, 0.6) is 0 Å². The van der Waals surface area contributed by atoms with Gasteiger partial charge in [-0.25, -0.2) is 13.4 Å². The first-order valence-electron chi connectivity index (χ1n) is 8.52. The summed E-state index contributed by atoms with van der Waals surface area (Å²) in [5.41, 5.74) is 0.943. The minimum Gasteiger partial charge on any atom is -0.340 e. The number of rotatable bonds is 6. The Hall–Kier alpha value is -1.80. The lowest BCUT2D eigenvalue weighted by molar-refractivity contribution is -0.133. The van der Waals surface area contributed by atoms with Crippen LogP contribution in [0.3, 0.4) is 0 Å². The van der Waals surface area contributed by atoms with Gasteiger partial charge in [-0.3, -0.25) is 4.79 Å². The number of thioether (sulfide) groups is 1. The van der Waals surface area contributed by atoms with Crippen LogP contribution in [0.4, 0.5) is 0 Å². The Labute approximate surface area is 158 Å². The third kappa shape index (κ3) is 3.96. The summed E-state index contributed by atoms with van der Waals surface area (Å²) in [6.45, 7) is 4.74. The molecule has 0 spiro atoms. The fourth-order valence-corrected chi connectivity index (χ4v) is 5.42. The van der Waals surface area contributed by atoms with Crippen molar-refractivity contribution in [1.29, 1.82) is 0 Å². The molecule has 0 atom stereocenters. The van der Waals surface area contributed by atoms with Crippen LogP contribution in [0.1, 0.15) is 19.4 Å². The molecule has 0 bridgehead atoms. The molecule has 3 rings (SSSR count). The Kier molecular flexibility index (Phi) is 5.43. The fourth-order valence-electron chi connectivity index (χ4n) is 2.86. The van der Waals surface area contributed by atoms with Crippen LogP contribution >= 0.6 is 11.8 Å². The molecule has 140 valence electrons. The number of carbonyl (C=O) groups excluding carboxylic acids is 1. The minimum absolute atomic E-state index is 0.0412. The van der Waals surface area contributed by atoms with Crippen LogP contribution in [0, 0.1) is 0 Å². The maximum Gasteiger partial charge on any atom is 0.227 e. The molecule has 1 aliphatic rings. The van der Waals surface area contributed by atoms with Gasteiger partial charge in [0.1, 0.15) is 5.25 Å². The fraction of sp³-hybridized carbons (Fsp3) is 0.444. The van der Waals surface area contributed by atoms with Crippen LogP contribution in [-0.4, -0.2) is 52.4 Å². The second-order valence-electron chi connectivity index (χ2n) is 6.77.